The first-order valence-corrected chi connectivity index (χ1v) is 13.8. The molecule has 2 bridgehead atoms. The summed E-state index contributed by atoms with van der Waals surface area (Å²) in [6, 6.07) is 42.8. The Morgan fingerprint density at radius 2 is 0.875 bits per heavy atom. The van der Waals surface area contributed by atoms with Crippen molar-refractivity contribution in [2.45, 2.75) is 11.8 Å². The van der Waals surface area contributed by atoms with E-state index in [-0.39, 0.29) is 23.7 Å². The molecule has 0 saturated heterocycles. The summed E-state index contributed by atoms with van der Waals surface area (Å²) in [7, 11) is 0. The van der Waals surface area contributed by atoms with Gasteiger partial charge in [0.15, 0.2) is 0 Å². The van der Waals surface area contributed by atoms with Gasteiger partial charge in [0.05, 0.1) is 22.8 Å². The lowest BCUT2D eigenvalue weighted by Gasteiger charge is -2.35. The molecule has 4 nitrogen and oxygen atoms in total. The monoisotopic (exact) mass is 514 g/mol. The van der Waals surface area contributed by atoms with Crippen LogP contribution in [-0.2, 0) is 0 Å². The normalized spacial score (nSPS) is 22.2. The number of allylic oxidation sites excluding steroid dienone is 1. The zero-order valence-corrected chi connectivity index (χ0v) is 21.8. The first-order chi connectivity index (χ1) is 19.9. The largest absolute Gasteiger partial charge is 0.255 e. The van der Waals surface area contributed by atoms with Crippen molar-refractivity contribution in [3.05, 3.63) is 173 Å². The minimum absolute atomic E-state index is 0.0988. The van der Waals surface area contributed by atoms with Crippen molar-refractivity contribution in [1.82, 2.24) is 9.97 Å². The van der Waals surface area contributed by atoms with E-state index in [0.717, 1.165) is 22.8 Å². The molecule has 4 heteroatoms. The van der Waals surface area contributed by atoms with Crippen LogP contribution in [0.4, 0.5) is 0 Å². The fraction of sp³-hybridized carbons (Fsp3) is 0.111. The fourth-order valence-corrected chi connectivity index (χ4v) is 7.18. The molecule has 1 aliphatic heterocycles. The standard InChI is InChI=1S/C36H26N4/c1-3-13-23(14-4-1)29(24-15-5-2-6-16-24)32-30-25-17-7-8-18-26(25)31(32)34-33(30)35(27-19-9-11-21-37-27)39-40-36(34)28-20-10-12-22-38-28/h1-22,30-31,33-34H. The number of fused-ring (bicyclic) bond motifs is 8. The number of nitrogens with zero attached hydrogens (tertiary/aromatic N) is 4. The molecule has 2 aliphatic carbocycles. The summed E-state index contributed by atoms with van der Waals surface area (Å²) >= 11 is 0. The number of benzene rings is 3. The molecule has 4 unspecified atom stereocenters. The Balaban J connectivity index is 1.45. The molecule has 5 aromatic rings. The number of aromatic nitrogens is 2. The Morgan fingerprint density at radius 1 is 0.450 bits per heavy atom. The summed E-state index contributed by atoms with van der Waals surface area (Å²) in [6.45, 7) is 0. The maximum Gasteiger partial charge on any atom is 0.0933 e. The fourth-order valence-electron chi connectivity index (χ4n) is 7.18. The van der Waals surface area contributed by atoms with E-state index in [2.05, 4.69) is 97.1 Å². The molecular formula is C36H26N4. The van der Waals surface area contributed by atoms with Crippen LogP contribution in [0, 0.1) is 11.8 Å². The maximum atomic E-state index is 4.91. The molecule has 0 N–H and O–H groups in total. The number of hydrogen-bond acceptors (Lipinski definition) is 4. The Labute approximate surface area is 233 Å². The van der Waals surface area contributed by atoms with Crippen molar-refractivity contribution < 1.29 is 0 Å². The molecule has 0 radical (unpaired) electrons. The second kappa shape index (κ2) is 9.35. The molecule has 8 rings (SSSR count). The van der Waals surface area contributed by atoms with Crippen LogP contribution in [0.15, 0.2) is 149 Å². The Kier molecular flexibility index (Phi) is 5.37. The smallest absolute Gasteiger partial charge is 0.0933 e. The average Bonchev–Trinajstić information content (AvgIpc) is 3.55. The summed E-state index contributed by atoms with van der Waals surface area (Å²) in [5, 5.41) is 9.82. The lowest BCUT2D eigenvalue weighted by atomic mass is 9.70. The first kappa shape index (κ1) is 23.0. The summed E-state index contributed by atoms with van der Waals surface area (Å²) in [4.78, 5) is 9.51. The van der Waals surface area contributed by atoms with Crippen LogP contribution in [0.25, 0.3) is 5.57 Å². The molecule has 190 valence electrons. The van der Waals surface area contributed by atoms with E-state index in [1.54, 1.807) is 0 Å². The van der Waals surface area contributed by atoms with Crippen LogP contribution in [0.5, 0.6) is 0 Å². The molecule has 3 aliphatic rings. The van der Waals surface area contributed by atoms with Crippen LogP contribution in [-0.4, -0.2) is 21.4 Å². The SMILES string of the molecule is c1ccc(C(=C2C3c4ccccc4C2C2C(c4ccccn4)=NN=C(c4ccccn4)C32)c2ccccc2)cc1. The topological polar surface area (TPSA) is 50.5 Å². The molecule has 2 aromatic heterocycles. The molecular weight excluding hydrogens is 488 g/mol. The molecule has 3 aromatic carbocycles. The highest BCUT2D eigenvalue weighted by Crippen LogP contribution is 2.66. The zero-order chi connectivity index (χ0) is 26.5. The van der Waals surface area contributed by atoms with Gasteiger partial charge in [-0.2, -0.15) is 10.2 Å². The first-order valence-electron chi connectivity index (χ1n) is 13.8. The van der Waals surface area contributed by atoms with E-state index in [1.165, 1.54) is 33.4 Å². The van der Waals surface area contributed by atoms with Crippen LogP contribution >= 0.6 is 0 Å². The van der Waals surface area contributed by atoms with Gasteiger partial charge in [0, 0.05) is 36.1 Å². The number of hydrogen-bond donors (Lipinski definition) is 0. The van der Waals surface area contributed by atoms with Crippen molar-refractivity contribution in [3.8, 4) is 0 Å². The van der Waals surface area contributed by atoms with Crippen LogP contribution < -0.4 is 0 Å². The van der Waals surface area contributed by atoms with E-state index in [9.17, 15) is 0 Å². The number of pyridine rings is 2. The Morgan fingerprint density at radius 3 is 1.30 bits per heavy atom. The predicted octanol–water partition coefficient (Wildman–Crippen LogP) is 7.31. The van der Waals surface area contributed by atoms with E-state index in [0.29, 0.717) is 0 Å². The Bertz CT molecular complexity index is 1660. The van der Waals surface area contributed by atoms with Gasteiger partial charge in [-0.3, -0.25) is 9.97 Å². The van der Waals surface area contributed by atoms with Crippen LogP contribution in [0.1, 0.15) is 45.5 Å². The van der Waals surface area contributed by atoms with Crippen molar-refractivity contribution >= 4 is 17.0 Å². The van der Waals surface area contributed by atoms with Gasteiger partial charge >= 0.3 is 0 Å². The summed E-state index contributed by atoms with van der Waals surface area (Å²) < 4.78 is 0. The predicted molar refractivity (Wildman–Crippen MR) is 159 cm³/mol. The minimum atomic E-state index is 0.0988. The van der Waals surface area contributed by atoms with Crippen molar-refractivity contribution in [2.24, 2.45) is 22.0 Å². The van der Waals surface area contributed by atoms with Gasteiger partial charge in [0.25, 0.3) is 0 Å². The second-order valence-electron chi connectivity index (χ2n) is 10.6. The molecule has 1 saturated carbocycles. The van der Waals surface area contributed by atoms with Crippen molar-refractivity contribution in [3.63, 3.8) is 0 Å². The van der Waals surface area contributed by atoms with Gasteiger partial charge in [-0.1, -0.05) is 97.1 Å². The summed E-state index contributed by atoms with van der Waals surface area (Å²) in [5.74, 6) is 0.497. The van der Waals surface area contributed by atoms with Crippen LogP contribution in [0.2, 0.25) is 0 Å². The quantitative estimate of drug-likeness (QED) is 0.252. The molecule has 0 spiro atoms. The third-order valence-corrected chi connectivity index (χ3v) is 8.61. The lowest BCUT2D eigenvalue weighted by molar-refractivity contribution is 0.507. The molecule has 0 amide bonds. The highest BCUT2D eigenvalue weighted by atomic mass is 15.2. The highest BCUT2D eigenvalue weighted by Gasteiger charge is 2.60. The average molecular weight is 515 g/mol. The van der Waals surface area contributed by atoms with E-state index >= 15 is 0 Å². The van der Waals surface area contributed by atoms with Gasteiger partial charge < -0.3 is 0 Å². The van der Waals surface area contributed by atoms with E-state index in [1.807, 2.05) is 36.7 Å². The molecule has 4 atom stereocenters. The maximum absolute atomic E-state index is 4.91. The third kappa shape index (κ3) is 3.46. The summed E-state index contributed by atoms with van der Waals surface area (Å²) in [6.07, 6.45) is 3.70. The minimum Gasteiger partial charge on any atom is -0.255 e. The van der Waals surface area contributed by atoms with Gasteiger partial charge in [0.2, 0.25) is 0 Å². The van der Waals surface area contributed by atoms with E-state index < -0.39 is 0 Å². The van der Waals surface area contributed by atoms with Gasteiger partial charge in [0.1, 0.15) is 0 Å². The van der Waals surface area contributed by atoms with Crippen molar-refractivity contribution in [2.75, 3.05) is 0 Å². The van der Waals surface area contributed by atoms with Crippen LogP contribution in [0.3, 0.4) is 0 Å². The zero-order valence-electron chi connectivity index (χ0n) is 21.8. The molecule has 1 fully saturated rings. The highest BCUT2D eigenvalue weighted by molar-refractivity contribution is 6.13. The molecule has 3 heterocycles. The van der Waals surface area contributed by atoms with Gasteiger partial charge in [-0.25, -0.2) is 0 Å². The van der Waals surface area contributed by atoms with E-state index in [4.69, 9.17) is 20.2 Å². The lowest BCUT2D eigenvalue weighted by Crippen LogP contribution is -2.38. The van der Waals surface area contributed by atoms with Crippen molar-refractivity contribution in [1.29, 1.82) is 0 Å². The third-order valence-electron chi connectivity index (χ3n) is 8.61. The van der Waals surface area contributed by atoms with Gasteiger partial charge in [-0.15, -0.1) is 0 Å². The Hall–Kier alpha value is -4.96. The second-order valence-corrected chi connectivity index (χ2v) is 10.6. The molecule has 40 heavy (non-hydrogen) atoms. The summed E-state index contributed by atoms with van der Waals surface area (Å²) in [5.41, 5.74) is 11.7. The van der Waals surface area contributed by atoms with Gasteiger partial charge in [-0.05, 0) is 57.7 Å². The number of rotatable bonds is 4.